The molecule has 0 amide bonds. The van der Waals surface area contributed by atoms with Crippen molar-refractivity contribution in [3.63, 3.8) is 0 Å². The first-order valence-electron chi connectivity index (χ1n) is 9.15. The number of nitrogens with one attached hydrogen (secondary N) is 2. The van der Waals surface area contributed by atoms with E-state index in [1.165, 1.54) is 0 Å². The molecule has 4 rings (SSSR count). The van der Waals surface area contributed by atoms with Crippen molar-refractivity contribution < 1.29 is 0 Å². The average Bonchev–Trinajstić information content (AvgIpc) is 3.25. The predicted octanol–water partition coefficient (Wildman–Crippen LogP) is 4.42. The quantitative estimate of drug-likeness (QED) is 0.438. The zero-order chi connectivity index (χ0) is 19.2. The van der Waals surface area contributed by atoms with Crippen molar-refractivity contribution in [2.45, 2.75) is 12.8 Å². The molecule has 0 saturated carbocycles. The Kier molecular flexibility index (Phi) is 5.77. The Balaban J connectivity index is 1.57. The predicted molar refractivity (Wildman–Crippen MR) is 116 cm³/mol. The number of nitrogens with zero attached hydrogens (tertiary/aromatic N) is 5. The van der Waals surface area contributed by atoms with E-state index < -0.39 is 0 Å². The van der Waals surface area contributed by atoms with E-state index in [4.69, 9.17) is 0 Å². The van der Waals surface area contributed by atoms with Gasteiger partial charge in [0.25, 0.3) is 0 Å². The van der Waals surface area contributed by atoms with Gasteiger partial charge < -0.3 is 10.2 Å². The van der Waals surface area contributed by atoms with Crippen molar-refractivity contribution >= 4 is 45.7 Å². The van der Waals surface area contributed by atoms with Gasteiger partial charge in [-0.15, -0.1) is 0 Å². The maximum atomic E-state index is 4.58. The standard InChI is InChI=1S/C20H20BrN7/c21-17-11-5-4-8-15(17)14-22-27-19-24-18(23-16-9-2-1-3-10-16)25-20(26-19)28-12-6-7-13-28/h1-5,8-11,14H,6-7,12-13H2,(H2,23,24,25,26,27). The largest absolute Gasteiger partial charge is 0.341 e. The Hall–Kier alpha value is -3.00. The molecule has 0 aliphatic carbocycles. The van der Waals surface area contributed by atoms with E-state index in [1.54, 1.807) is 6.21 Å². The van der Waals surface area contributed by atoms with Gasteiger partial charge in [-0.25, -0.2) is 5.43 Å². The van der Waals surface area contributed by atoms with E-state index in [2.05, 4.69) is 51.6 Å². The molecule has 3 aromatic rings. The van der Waals surface area contributed by atoms with Gasteiger partial charge >= 0.3 is 0 Å². The maximum Gasteiger partial charge on any atom is 0.250 e. The van der Waals surface area contributed by atoms with Crippen molar-refractivity contribution in [1.29, 1.82) is 0 Å². The molecular formula is C20H20BrN7. The molecule has 2 aromatic carbocycles. The summed E-state index contributed by atoms with van der Waals surface area (Å²) in [6, 6.07) is 17.7. The minimum absolute atomic E-state index is 0.402. The highest BCUT2D eigenvalue weighted by Crippen LogP contribution is 2.21. The lowest BCUT2D eigenvalue weighted by Crippen LogP contribution is -2.21. The van der Waals surface area contributed by atoms with Crippen molar-refractivity contribution in [1.82, 2.24) is 15.0 Å². The van der Waals surface area contributed by atoms with E-state index in [-0.39, 0.29) is 0 Å². The van der Waals surface area contributed by atoms with Crippen LogP contribution in [0.25, 0.3) is 0 Å². The van der Waals surface area contributed by atoms with Gasteiger partial charge in [0.1, 0.15) is 0 Å². The van der Waals surface area contributed by atoms with Crippen LogP contribution in [-0.2, 0) is 0 Å². The second kappa shape index (κ2) is 8.79. The zero-order valence-electron chi connectivity index (χ0n) is 15.2. The lowest BCUT2D eigenvalue weighted by molar-refractivity contribution is 0.883. The first kappa shape index (κ1) is 18.4. The molecule has 1 fully saturated rings. The molecule has 1 saturated heterocycles. The average molecular weight is 438 g/mol. The normalized spacial score (nSPS) is 13.8. The lowest BCUT2D eigenvalue weighted by atomic mass is 10.2. The highest BCUT2D eigenvalue weighted by molar-refractivity contribution is 9.10. The number of benzene rings is 2. The molecule has 2 N–H and O–H groups in total. The van der Waals surface area contributed by atoms with Crippen molar-refractivity contribution in [2.24, 2.45) is 5.10 Å². The SMILES string of the molecule is Brc1ccccc1C=NNc1nc(Nc2ccccc2)nc(N2CCCC2)n1. The summed E-state index contributed by atoms with van der Waals surface area (Å²) < 4.78 is 0.973. The van der Waals surface area contributed by atoms with Crippen molar-refractivity contribution in [3.8, 4) is 0 Å². The lowest BCUT2D eigenvalue weighted by Gasteiger charge is -2.16. The summed E-state index contributed by atoms with van der Waals surface area (Å²) in [5, 5.41) is 7.52. The van der Waals surface area contributed by atoms with Crippen LogP contribution >= 0.6 is 15.9 Å². The maximum absolute atomic E-state index is 4.58. The number of hydrazone groups is 1. The molecule has 1 aliphatic heterocycles. The van der Waals surface area contributed by atoms with Crippen molar-refractivity contribution in [3.05, 3.63) is 64.6 Å². The molecule has 0 spiro atoms. The molecule has 0 bridgehead atoms. The Bertz CT molecular complexity index is 956. The van der Waals surface area contributed by atoms with Crippen LogP contribution in [0.5, 0.6) is 0 Å². The molecule has 0 atom stereocenters. The number of hydrogen-bond donors (Lipinski definition) is 2. The van der Waals surface area contributed by atoms with Gasteiger partial charge in [-0.05, 0) is 31.0 Å². The molecule has 0 unspecified atom stereocenters. The summed E-state index contributed by atoms with van der Waals surface area (Å²) >= 11 is 3.51. The summed E-state index contributed by atoms with van der Waals surface area (Å²) in [6.07, 6.45) is 4.03. The van der Waals surface area contributed by atoms with E-state index in [0.29, 0.717) is 17.8 Å². The number of aromatic nitrogens is 3. The fourth-order valence-electron chi connectivity index (χ4n) is 2.92. The van der Waals surface area contributed by atoms with Crippen LogP contribution < -0.4 is 15.6 Å². The molecular weight excluding hydrogens is 418 g/mol. The van der Waals surface area contributed by atoms with Crippen molar-refractivity contribution in [2.75, 3.05) is 28.7 Å². The fraction of sp³-hybridized carbons (Fsp3) is 0.200. The van der Waals surface area contributed by atoms with Crippen LogP contribution in [0.2, 0.25) is 0 Å². The highest BCUT2D eigenvalue weighted by Gasteiger charge is 2.17. The van der Waals surface area contributed by atoms with E-state index in [0.717, 1.165) is 41.7 Å². The summed E-state index contributed by atoms with van der Waals surface area (Å²) in [7, 11) is 0. The third-order valence-corrected chi connectivity index (χ3v) is 5.04. The highest BCUT2D eigenvalue weighted by atomic mass is 79.9. The topological polar surface area (TPSA) is 78.3 Å². The number of anilines is 4. The van der Waals surface area contributed by atoms with Crippen LogP contribution in [0.15, 0.2) is 64.2 Å². The van der Waals surface area contributed by atoms with E-state index in [9.17, 15) is 0 Å². The molecule has 2 heterocycles. The molecule has 142 valence electrons. The second-order valence-corrected chi connectivity index (χ2v) is 7.21. The summed E-state index contributed by atoms with van der Waals surface area (Å²) in [4.78, 5) is 15.7. The van der Waals surface area contributed by atoms with Gasteiger partial charge in [0.2, 0.25) is 17.8 Å². The van der Waals surface area contributed by atoms with Gasteiger partial charge in [-0.1, -0.05) is 52.3 Å². The van der Waals surface area contributed by atoms with Gasteiger partial charge in [-0.3, -0.25) is 0 Å². The number of rotatable bonds is 6. The third kappa shape index (κ3) is 4.64. The van der Waals surface area contributed by atoms with Crippen LogP contribution in [0.4, 0.5) is 23.5 Å². The van der Waals surface area contributed by atoms with Crippen LogP contribution in [-0.4, -0.2) is 34.3 Å². The second-order valence-electron chi connectivity index (χ2n) is 6.36. The number of halogens is 1. The Morgan fingerprint density at radius 1 is 0.893 bits per heavy atom. The van der Waals surface area contributed by atoms with Gasteiger partial charge in [-0.2, -0.15) is 20.1 Å². The van der Waals surface area contributed by atoms with E-state index in [1.807, 2.05) is 54.6 Å². The first-order valence-corrected chi connectivity index (χ1v) is 9.94. The monoisotopic (exact) mass is 437 g/mol. The van der Waals surface area contributed by atoms with E-state index >= 15 is 0 Å². The molecule has 1 aromatic heterocycles. The Morgan fingerprint density at radius 3 is 2.39 bits per heavy atom. The third-order valence-electron chi connectivity index (χ3n) is 4.32. The summed E-state index contributed by atoms with van der Waals surface area (Å²) in [6.45, 7) is 1.91. The molecule has 0 radical (unpaired) electrons. The van der Waals surface area contributed by atoms with Gasteiger partial charge in [0.05, 0.1) is 6.21 Å². The van der Waals surface area contributed by atoms with Crippen LogP contribution in [0.3, 0.4) is 0 Å². The fourth-order valence-corrected chi connectivity index (χ4v) is 3.31. The molecule has 1 aliphatic rings. The zero-order valence-corrected chi connectivity index (χ0v) is 16.8. The smallest absolute Gasteiger partial charge is 0.250 e. The first-order chi connectivity index (χ1) is 13.8. The van der Waals surface area contributed by atoms with Crippen LogP contribution in [0, 0.1) is 0 Å². The Labute approximate surface area is 172 Å². The molecule has 7 nitrogen and oxygen atoms in total. The summed E-state index contributed by atoms with van der Waals surface area (Å²) in [5.41, 5.74) is 4.81. The molecule has 28 heavy (non-hydrogen) atoms. The number of para-hydroxylation sites is 1. The van der Waals surface area contributed by atoms with Gasteiger partial charge in [0, 0.05) is 28.8 Å². The van der Waals surface area contributed by atoms with Gasteiger partial charge in [0.15, 0.2) is 0 Å². The Morgan fingerprint density at radius 2 is 1.61 bits per heavy atom. The molecule has 8 heteroatoms. The number of hydrogen-bond acceptors (Lipinski definition) is 7. The van der Waals surface area contributed by atoms with Crippen LogP contribution in [0.1, 0.15) is 18.4 Å². The minimum atomic E-state index is 0.402. The summed E-state index contributed by atoms with van der Waals surface area (Å²) in [5.74, 6) is 1.55. The minimum Gasteiger partial charge on any atom is -0.341 e.